The molecular weight excluding hydrogens is 366 g/mol. The second-order valence-corrected chi connectivity index (χ2v) is 8.15. The molecule has 1 aliphatic heterocycles. The summed E-state index contributed by atoms with van der Waals surface area (Å²) in [5, 5.41) is 4.81. The molecule has 7 nitrogen and oxygen atoms in total. The molecule has 1 fully saturated rings. The van der Waals surface area contributed by atoms with Gasteiger partial charge in [0.2, 0.25) is 10.0 Å². The molecule has 1 saturated heterocycles. The average molecular weight is 383 g/mol. The van der Waals surface area contributed by atoms with E-state index < -0.39 is 10.0 Å². The molecule has 138 valence electrons. The van der Waals surface area contributed by atoms with Gasteiger partial charge in [0.1, 0.15) is 6.73 Å². The van der Waals surface area contributed by atoms with Crippen LogP contribution in [0.3, 0.4) is 0 Å². The third kappa shape index (κ3) is 3.62. The number of amides is 1. The Kier molecular flexibility index (Phi) is 4.51. The fraction of sp³-hybridized carbons (Fsp3) is 0.158. The van der Waals surface area contributed by atoms with Gasteiger partial charge in [0, 0.05) is 29.0 Å². The second-order valence-electron chi connectivity index (χ2n) is 6.14. The van der Waals surface area contributed by atoms with Crippen LogP contribution in [0.15, 0.2) is 60.9 Å². The summed E-state index contributed by atoms with van der Waals surface area (Å²) >= 11 is 0. The zero-order chi connectivity index (χ0) is 18.9. The van der Waals surface area contributed by atoms with E-state index in [1.807, 2.05) is 24.3 Å². The van der Waals surface area contributed by atoms with Crippen molar-refractivity contribution >= 4 is 38.1 Å². The average Bonchev–Trinajstić information content (AvgIpc) is 2.68. The van der Waals surface area contributed by atoms with Crippen LogP contribution in [-0.4, -0.2) is 38.4 Å². The largest absolute Gasteiger partial charge is 0.359 e. The van der Waals surface area contributed by atoms with Crippen LogP contribution >= 0.6 is 0 Å². The molecule has 2 heterocycles. The van der Waals surface area contributed by atoms with Gasteiger partial charge in [-0.05, 0) is 47.9 Å². The van der Waals surface area contributed by atoms with E-state index in [0.29, 0.717) is 16.9 Å². The van der Waals surface area contributed by atoms with E-state index in [9.17, 15) is 13.2 Å². The van der Waals surface area contributed by atoms with Crippen LogP contribution in [0, 0.1) is 0 Å². The van der Waals surface area contributed by atoms with Gasteiger partial charge in [-0.1, -0.05) is 6.07 Å². The lowest BCUT2D eigenvalue weighted by Gasteiger charge is -2.28. The van der Waals surface area contributed by atoms with E-state index in [1.165, 1.54) is 4.31 Å². The SMILES string of the molecule is O=C(Nc1ccc2ccncc2c1)c1ccc(N2COCCS2(=O)=O)cc1. The molecule has 27 heavy (non-hydrogen) atoms. The Balaban J connectivity index is 1.52. The van der Waals surface area contributed by atoms with Crippen molar-refractivity contribution in [3.63, 3.8) is 0 Å². The summed E-state index contributed by atoms with van der Waals surface area (Å²) in [4.78, 5) is 16.6. The quantitative estimate of drug-likeness (QED) is 0.751. The number of sulfonamides is 1. The van der Waals surface area contributed by atoms with E-state index in [0.717, 1.165) is 10.8 Å². The highest BCUT2D eigenvalue weighted by Gasteiger charge is 2.26. The van der Waals surface area contributed by atoms with Crippen molar-refractivity contribution in [1.82, 2.24) is 4.98 Å². The van der Waals surface area contributed by atoms with Gasteiger partial charge in [0.05, 0.1) is 18.0 Å². The van der Waals surface area contributed by atoms with Gasteiger partial charge in [0.15, 0.2) is 0 Å². The summed E-state index contributed by atoms with van der Waals surface area (Å²) in [5.41, 5.74) is 1.57. The summed E-state index contributed by atoms with van der Waals surface area (Å²) in [5.74, 6) is -0.325. The summed E-state index contributed by atoms with van der Waals surface area (Å²) in [7, 11) is -3.38. The number of ether oxygens (including phenoxy) is 1. The first-order chi connectivity index (χ1) is 13.0. The number of aromatic nitrogens is 1. The molecule has 1 amide bonds. The van der Waals surface area contributed by atoms with Crippen molar-refractivity contribution in [2.24, 2.45) is 0 Å². The second kappa shape index (κ2) is 6.98. The van der Waals surface area contributed by atoms with Crippen molar-refractivity contribution in [3.8, 4) is 0 Å². The van der Waals surface area contributed by atoms with E-state index in [1.54, 1.807) is 36.7 Å². The van der Waals surface area contributed by atoms with Crippen molar-refractivity contribution < 1.29 is 17.9 Å². The molecule has 2 aromatic carbocycles. The fourth-order valence-electron chi connectivity index (χ4n) is 2.88. The van der Waals surface area contributed by atoms with Gasteiger partial charge < -0.3 is 10.1 Å². The lowest BCUT2D eigenvalue weighted by atomic mass is 10.1. The Morgan fingerprint density at radius 1 is 1.07 bits per heavy atom. The van der Waals surface area contributed by atoms with Gasteiger partial charge in [-0.25, -0.2) is 12.7 Å². The predicted octanol–water partition coefficient (Wildman–Crippen LogP) is 2.61. The van der Waals surface area contributed by atoms with E-state index in [-0.39, 0.29) is 25.0 Å². The minimum absolute atomic E-state index is 0.0149. The molecule has 1 aromatic heterocycles. The minimum atomic E-state index is -3.38. The fourth-order valence-corrected chi connectivity index (χ4v) is 4.11. The van der Waals surface area contributed by atoms with Crippen LogP contribution in [0.25, 0.3) is 10.8 Å². The number of anilines is 2. The number of nitrogens with one attached hydrogen (secondary N) is 1. The number of carbonyl (C=O) groups excluding carboxylic acids is 1. The molecule has 0 radical (unpaired) electrons. The van der Waals surface area contributed by atoms with E-state index >= 15 is 0 Å². The van der Waals surface area contributed by atoms with Crippen LogP contribution in [0.1, 0.15) is 10.4 Å². The summed E-state index contributed by atoms with van der Waals surface area (Å²) in [6, 6.07) is 13.9. The maximum Gasteiger partial charge on any atom is 0.255 e. The highest BCUT2D eigenvalue weighted by molar-refractivity contribution is 7.92. The van der Waals surface area contributed by atoms with Crippen LogP contribution in [-0.2, 0) is 14.8 Å². The standard InChI is InChI=1S/C19H17N3O4S/c23-19(21-17-4-1-14-7-8-20-12-16(14)11-17)15-2-5-18(6-3-15)22-13-26-9-10-27(22,24)25/h1-8,11-12H,9-10,13H2,(H,21,23). The third-order valence-electron chi connectivity index (χ3n) is 4.35. The minimum Gasteiger partial charge on any atom is -0.359 e. The number of hydrogen-bond acceptors (Lipinski definition) is 5. The number of rotatable bonds is 3. The van der Waals surface area contributed by atoms with Crippen LogP contribution < -0.4 is 9.62 Å². The molecule has 0 spiro atoms. The maximum atomic E-state index is 12.5. The van der Waals surface area contributed by atoms with Crippen molar-refractivity contribution in [3.05, 3.63) is 66.5 Å². The van der Waals surface area contributed by atoms with Crippen LogP contribution in [0.5, 0.6) is 0 Å². The smallest absolute Gasteiger partial charge is 0.255 e. The van der Waals surface area contributed by atoms with E-state index in [4.69, 9.17) is 4.74 Å². The molecule has 4 rings (SSSR count). The molecule has 1 N–H and O–H groups in total. The molecule has 0 aliphatic carbocycles. The van der Waals surface area contributed by atoms with Gasteiger partial charge in [-0.15, -0.1) is 0 Å². The Labute approximate surface area is 156 Å². The highest BCUT2D eigenvalue weighted by Crippen LogP contribution is 2.22. The topological polar surface area (TPSA) is 88.6 Å². The van der Waals surface area contributed by atoms with Crippen molar-refractivity contribution in [2.75, 3.05) is 28.7 Å². The summed E-state index contributed by atoms with van der Waals surface area (Å²) in [6.45, 7) is 0.180. The number of benzene rings is 2. The molecular formula is C19H17N3O4S. The Bertz CT molecular complexity index is 1100. The monoisotopic (exact) mass is 383 g/mol. The van der Waals surface area contributed by atoms with Gasteiger partial charge in [0.25, 0.3) is 5.91 Å². The lowest BCUT2D eigenvalue weighted by molar-refractivity contribution is 0.102. The Morgan fingerprint density at radius 3 is 2.67 bits per heavy atom. The third-order valence-corrected chi connectivity index (χ3v) is 6.02. The summed E-state index contributed by atoms with van der Waals surface area (Å²) < 4.78 is 30.7. The predicted molar refractivity (Wildman–Crippen MR) is 103 cm³/mol. The molecule has 0 unspecified atom stereocenters. The molecule has 8 heteroatoms. The van der Waals surface area contributed by atoms with E-state index in [2.05, 4.69) is 10.3 Å². The van der Waals surface area contributed by atoms with Crippen molar-refractivity contribution in [1.29, 1.82) is 0 Å². The van der Waals surface area contributed by atoms with Crippen molar-refractivity contribution in [2.45, 2.75) is 0 Å². The van der Waals surface area contributed by atoms with Gasteiger partial charge in [-0.2, -0.15) is 0 Å². The number of fused-ring (bicyclic) bond motifs is 1. The Hall–Kier alpha value is -2.97. The molecule has 1 aliphatic rings. The summed E-state index contributed by atoms with van der Waals surface area (Å²) in [6.07, 6.45) is 3.45. The number of nitrogens with zero attached hydrogens (tertiary/aromatic N) is 2. The number of pyridine rings is 1. The Morgan fingerprint density at radius 2 is 1.89 bits per heavy atom. The molecule has 0 bridgehead atoms. The number of carbonyl (C=O) groups is 1. The molecule has 0 atom stereocenters. The van der Waals surface area contributed by atoms with Gasteiger partial charge >= 0.3 is 0 Å². The molecule has 3 aromatic rings. The van der Waals surface area contributed by atoms with Crippen LogP contribution in [0.2, 0.25) is 0 Å². The first kappa shape index (κ1) is 17.4. The first-order valence-electron chi connectivity index (χ1n) is 8.36. The maximum absolute atomic E-state index is 12.5. The first-order valence-corrected chi connectivity index (χ1v) is 9.97. The normalized spacial score (nSPS) is 16.2. The lowest BCUT2D eigenvalue weighted by Crippen LogP contribution is -2.41. The highest BCUT2D eigenvalue weighted by atomic mass is 32.2. The van der Waals surface area contributed by atoms with Gasteiger partial charge in [-0.3, -0.25) is 9.78 Å². The number of hydrogen-bond donors (Lipinski definition) is 1. The zero-order valence-corrected chi connectivity index (χ0v) is 15.1. The van der Waals surface area contributed by atoms with Crippen LogP contribution in [0.4, 0.5) is 11.4 Å². The zero-order valence-electron chi connectivity index (χ0n) is 14.3. The molecule has 0 saturated carbocycles.